The second kappa shape index (κ2) is 4.45. The van der Waals surface area contributed by atoms with Crippen LogP contribution in [0.25, 0.3) is 27.8 Å². The predicted octanol–water partition coefficient (Wildman–Crippen LogP) is 2.38. The third kappa shape index (κ3) is 1.62. The number of benzene rings is 2. The minimum Gasteiger partial charge on any atom is -0.338 e. The Hall–Kier alpha value is -2.09. The molecule has 21 heavy (non-hydrogen) atoms. The summed E-state index contributed by atoms with van der Waals surface area (Å²) in [4.78, 5) is 3.57. The highest BCUT2D eigenvalue weighted by molar-refractivity contribution is 6.13. The Morgan fingerprint density at radius 2 is 2.05 bits per heavy atom. The van der Waals surface area contributed by atoms with Crippen LogP contribution in [0, 0.1) is 0 Å². The van der Waals surface area contributed by atoms with E-state index in [0.717, 1.165) is 13.0 Å². The standard InChI is InChI=1S/C19H20N2/c1-4-6-16-14-7-5-8-15-18(14)17(21(16)12(2)3)11-13-9-10-20-19(13)15/h4-8,11-12H,9-10H2,1-3H3/p+1/b6-4+. The van der Waals surface area contributed by atoms with Gasteiger partial charge in [0.25, 0.3) is 0 Å². The summed E-state index contributed by atoms with van der Waals surface area (Å²) in [6.45, 7) is 7.70. The minimum atomic E-state index is 0.458. The molecule has 1 aromatic heterocycles. The van der Waals surface area contributed by atoms with Crippen LogP contribution in [0.15, 0.2) is 30.3 Å². The van der Waals surface area contributed by atoms with Crippen molar-refractivity contribution in [2.75, 3.05) is 6.54 Å². The van der Waals surface area contributed by atoms with Crippen molar-refractivity contribution in [3.63, 3.8) is 0 Å². The molecule has 4 rings (SSSR count). The number of allylic oxidation sites excluding steroid dienone is 1. The minimum absolute atomic E-state index is 0.458. The van der Waals surface area contributed by atoms with E-state index in [-0.39, 0.29) is 0 Å². The Morgan fingerprint density at radius 3 is 2.81 bits per heavy atom. The average Bonchev–Trinajstić information content (AvgIpc) is 3.05. The van der Waals surface area contributed by atoms with Crippen LogP contribution >= 0.6 is 0 Å². The highest BCUT2D eigenvalue weighted by Gasteiger charge is 2.22. The van der Waals surface area contributed by atoms with Gasteiger partial charge in [-0.15, -0.1) is 0 Å². The lowest BCUT2D eigenvalue weighted by molar-refractivity contribution is -0.488. The van der Waals surface area contributed by atoms with Crippen molar-refractivity contribution in [3.8, 4) is 0 Å². The molecule has 0 saturated carbocycles. The van der Waals surface area contributed by atoms with Gasteiger partial charge in [-0.3, -0.25) is 0 Å². The predicted molar refractivity (Wildman–Crippen MR) is 88.4 cm³/mol. The molecule has 0 aliphatic carbocycles. The maximum absolute atomic E-state index is 3.57. The van der Waals surface area contributed by atoms with Crippen LogP contribution in [0.1, 0.15) is 38.1 Å². The van der Waals surface area contributed by atoms with Gasteiger partial charge in [0.2, 0.25) is 5.36 Å². The highest BCUT2D eigenvalue weighted by atomic mass is 15.0. The second-order valence-electron chi connectivity index (χ2n) is 6.18. The Labute approximate surface area is 124 Å². The lowest BCUT2D eigenvalue weighted by Gasteiger charge is -2.13. The number of rotatable bonds is 2. The van der Waals surface area contributed by atoms with Crippen molar-refractivity contribution in [3.05, 3.63) is 47.0 Å². The molecule has 2 heteroatoms. The number of aromatic nitrogens is 1. The van der Waals surface area contributed by atoms with Gasteiger partial charge in [-0.2, -0.15) is 0 Å². The largest absolute Gasteiger partial charge is 0.338 e. The number of hydrogen-bond donors (Lipinski definition) is 1. The van der Waals surface area contributed by atoms with Gasteiger partial charge in [0, 0.05) is 34.5 Å². The molecule has 0 radical (unpaired) electrons. The SMILES string of the molecule is C/C=C/c1c2cccc3c4c(cc(c23)n1C(C)C)CC[NH+]=4. The van der Waals surface area contributed by atoms with E-state index in [4.69, 9.17) is 0 Å². The number of nitrogens with one attached hydrogen (secondary N) is 1. The van der Waals surface area contributed by atoms with Crippen molar-refractivity contribution in [1.29, 1.82) is 0 Å². The van der Waals surface area contributed by atoms with Gasteiger partial charge in [-0.05, 0) is 39.0 Å². The van der Waals surface area contributed by atoms with Gasteiger partial charge < -0.3 is 4.57 Å². The first-order chi connectivity index (χ1) is 10.2. The van der Waals surface area contributed by atoms with Gasteiger partial charge in [0.05, 0.1) is 10.9 Å². The third-order valence-electron chi connectivity index (χ3n) is 4.55. The summed E-state index contributed by atoms with van der Waals surface area (Å²) in [5, 5.41) is 5.50. The fourth-order valence-corrected chi connectivity index (χ4v) is 3.79. The Kier molecular flexibility index (Phi) is 2.68. The molecule has 3 aromatic rings. The van der Waals surface area contributed by atoms with E-state index >= 15 is 0 Å². The molecule has 2 heterocycles. The molecule has 0 saturated heterocycles. The Balaban J connectivity index is 2.30. The average molecular weight is 277 g/mol. The van der Waals surface area contributed by atoms with Crippen LogP contribution in [-0.4, -0.2) is 11.1 Å². The molecule has 0 spiro atoms. The van der Waals surface area contributed by atoms with Crippen molar-refractivity contribution in [2.45, 2.75) is 33.2 Å². The van der Waals surface area contributed by atoms with Crippen molar-refractivity contribution in [1.82, 2.24) is 4.57 Å². The van der Waals surface area contributed by atoms with Gasteiger partial charge in [-0.25, -0.2) is 4.99 Å². The van der Waals surface area contributed by atoms with E-state index in [0.29, 0.717) is 6.04 Å². The lowest BCUT2D eigenvalue weighted by atomic mass is 10.0. The molecule has 0 bridgehead atoms. The van der Waals surface area contributed by atoms with Gasteiger partial charge in [-0.1, -0.05) is 18.2 Å². The summed E-state index contributed by atoms with van der Waals surface area (Å²) < 4.78 is 2.48. The zero-order chi connectivity index (χ0) is 14.6. The number of hydrogen-bond acceptors (Lipinski definition) is 0. The van der Waals surface area contributed by atoms with Crippen LogP contribution < -0.4 is 10.3 Å². The second-order valence-corrected chi connectivity index (χ2v) is 6.18. The summed E-state index contributed by atoms with van der Waals surface area (Å²) in [5.74, 6) is 0. The zero-order valence-electron chi connectivity index (χ0n) is 12.9. The number of fused-ring (bicyclic) bond motifs is 2. The third-order valence-corrected chi connectivity index (χ3v) is 4.55. The monoisotopic (exact) mass is 277 g/mol. The molecule has 106 valence electrons. The van der Waals surface area contributed by atoms with E-state index in [2.05, 4.69) is 66.7 Å². The van der Waals surface area contributed by atoms with Crippen molar-refractivity contribution in [2.24, 2.45) is 0 Å². The molecule has 0 atom stereocenters. The van der Waals surface area contributed by atoms with Crippen molar-refractivity contribution >= 4 is 27.8 Å². The highest BCUT2D eigenvalue weighted by Crippen LogP contribution is 2.34. The summed E-state index contributed by atoms with van der Waals surface area (Å²) >= 11 is 0. The van der Waals surface area contributed by atoms with Crippen LogP contribution in [0.3, 0.4) is 0 Å². The molecule has 0 amide bonds. The molecule has 0 unspecified atom stereocenters. The van der Waals surface area contributed by atoms with Gasteiger partial charge in [0.15, 0.2) is 0 Å². The molecule has 1 N–H and O–H groups in total. The molecule has 1 aliphatic rings. The first-order valence-corrected chi connectivity index (χ1v) is 7.84. The normalized spacial score (nSPS) is 14.7. The maximum atomic E-state index is 3.57. The molecule has 1 aliphatic heterocycles. The maximum Gasteiger partial charge on any atom is 0.209 e. The molecular weight excluding hydrogens is 256 g/mol. The smallest absolute Gasteiger partial charge is 0.209 e. The molecule has 0 fully saturated rings. The van der Waals surface area contributed by atoms with Crippen LogP contribution in [0.5, 0.6) is 0 Å². The summed E-state index contributed by atoms with van der Waals surface area (Å²) in [7, 11) is 0. The van der Waals surface area contributed by atoms with Gasteiger partial charge in [0.1, 0.15) is 6.54 Å². The summed E-state index contributed by atoms with van der Waals surface area (Å²) in [5.41, 5.74) is 4.17. The summed E-state index contributed by atoms with van der Waals surface area (Å²) in [6, 6.07) is 9.56. The zero-order valence-corrected chi connectivity index (χ0v) is 12.9. The van der Waals surface area contributed by atoms with Crippen molar-refractivity contribution < 1.29 is 4.99 Å². The first-order valence-electron chi connectivity index (χ1n) is 7.84. The number of nitrogens with zero attached hydrogens (tertiary/aromatic N) is 1. The first kappa shape index (κ1) is 12.6. The fourth-order valence-electron chi connectivity index (χ4n) is 3.79. The van der Waals surface area contributed by atoms with E-state index in [1.54, 1.807) is 0 Å². The van der Waals surface area contributed by atoms with Crippen LogP contribution in [0.2, 0.25) is 0 Å². The Bertz CT molecular complexity index is 926. The van der Waals surface area contributed by atoms with E-state index in [9.17, 15) is 0 Å². The van der Waals surface area contributed by atoms with E-state index in [1.165, 1.54) is 38.3 Å². The quantitative estimate of drug-likeness (QED) is 0.742. The van der Waals surface area contributed by atoms with Gasteiger partial charge >= 0.3 is 0 Å². The molecule has 2 aromatic carbocycles. The Morgan fingerprint density at radius 1 is 1.24 bits per heavy atom. The van der Waals surface area contributed by atoms with E-state index in [1.807, 2.05) is 0 Å². The van der Waals surface area contributed by atoms with Crippen LogP contribution in [0.4, 0.5) is 0 Å². The fraction of sp³-hybridized carbons (Fsp3) is 0.316. The lowest BCUT2D eigenvalue weighted by Crippen LogP contribution is -2.73. The topological polar surface area (TPSA) is 18.9 Å². The molecule has 2 nitrogen and oxygen atoms in total. The summed E-state index contributed by atoms with van der Waals surface area (Å²) in [6.07, 6.45) is 5.52. The van der Waals surface area contributed by atoms with E-state index < -0.39 is 0 Å². The molecular formula is C19H21N2+. The van der Waals surface area contributed by atoms with Crippen LogP contribution in [-0.2, 0) is 6.42 Å².